The van der Waals surface area contributed by atoms with Gasteiger partial charge in [0.1, 0.15) is 5.75 Å². The molecule has 2 unspecified atom stereocenters. The monoisotopic (exact) mass is 444 g/mol. The summed E-state index contributed by atoms with van der Waals surface area (Å²) in [6, 6.07) is 19.9. The molecule has 6 nitrogen and oxygen atoms in total. The van der Waals surface area contributed by atoms with Crippen LogP contribution in [-0.4, -0.2) is 29.3 Å². The maximum Gasteiger partial charge on any atom is 0.341 e. The third-order valence-corrected chi connectivity index (χ3v) is 5.78. The standard InChI is InChI=1S/C27H28N2O4/c30-26(31)19-32-25-13-5-11-23-20(9-4-12-24(23)25)10-6-18-33-29-27(21-7-2-1-3-8-21)22-14-16-28-17-15-22/h1-3,5-8,10-11,13-17,20,27,29H,4,9,12,18-19H2,(H,30,31). The van der Waals surface area contributed by atoms with E-state index < -0.39 is 5.97 Å². The first-order chi connectivity index (χ1) is 16.2. The van der Waals surface area contributed by atoms with E-state index >= 15 is 0 Å². The SMILES string of the molecule is O=C(O)COc1cccc2c1CCCC2C=CCONC(c1ccccc1)c1ccncc1. The molecule has 3 aromatic rings. The molecule has 0 amide bonds. The molecule has 1 aliphatic rings. The van der Waals surface area contributed by atoms with Gasteiger partial charge in [-0.3, -0.25) is 9.82 Å². The molecule has 0 saturated carbocycles. The van der Waals surface area contributed by atoms with Crippen molar-refractivity contribution in [3.63, 3.8) is 0 Å². The Morgan fingerprint density at radius 2 is 1.88 bits per heavy atom. The lowest BCUT2D eigenvalue weighted by molar-refractivity contribution is -0.139. The average Bonchev–Trinajstić information content (AvgIpc) is 2.86. The van der Waals surface area contributed by atoms with Crippen LogP contribution in [0.15, 0.2) is 85.2 Å². The number of hydroxylamine groups is 1. The maximum absolute atomic E-state index is 10.9. The van der Waals surface area contributed by atoms with Crippen LogP contribution in [0.5, 0.6) is 5.75 Å². The first-order valence-corrected chi connectivity index (χ1v) is 11.2. The van der Waals surface area contributed by atoms with Crippen LogP contribution in [0.2, 0.25) is 0 Å². The van der Waals surface area contributed by atoms with Crippen LogP contribution >= 0.6 is 0 Å². The zero-order valence-electron chi connectivity index (χ0n) is 18.4. The van der Waals surface area contributed by atoms with Crippen LogP contribution in [0.1, 0.15) is 47.1 Å². The van der Waals surface area contributed by atoms with Gasteiger partial charge in [0.15, 0.2) is 6.61 Å². The predicted molar refractivity (Wildman–Crippen MR) is 126 cm³/mol. The number of hydrogen-bond acceptors (Lipinski definition) is 5. The smallest absolute Gasteiger partial charge is 0.341 e. The number of hydrogen-bond donors (Lipinski definition) is 2. The summed E-state index contributed by atoms with van der Waals surface area (Å²) in [5.41, 5.74) is 7.70. The van der Waals surface area contributed by atoms with E-state index in [9.17, 15) is 4.79 Å². The number of pyridine rings is 1. The highest BCUT2D eigenvalue weighted by atomic mass is 16.6. The van der Waals surface area contributed by atoms with Gasteiger partial charge >= 0.3 is 5.97 Å². The first kappa shape index (κ1) is 22.7. The minimum Gasteiger partial charge on any atom is -0.482 e. The molecular weight excluding hydrogens is 416 g/mol. The Hall–Kier alpha value is -3.48. The molecule has 33 heavy (non-hydrogen) atoms. The van der Waals surface area contributed by atoms with Crippen molar-refractivity contribution in [1.29, 1.82) is 0 Å². The van der Waals surface area contributed by atoms with Gasteiger partial charge in [0.2, 0.25) is 0 Å². The average molecular weight is 445 g/mol. The van der Waals surface area contributed by atoms with E-state index in [1.54, 1.807) is 12.4 Å². The number of fused-ring (bicyclic) bond motifs is 1. The Morgan fingerprint density at radius 1 is 1.09 bits per heavy atom. The number of ether oxygens (including phenoxy) is 1. The van der Waals surface area contributed by atoms with E-state index in [1.807, 2.05) is 48.5 Å². The normalized spacial score (nSPS) is 16.3. The van der Waals surface area contributed by atoms with E-state index in [-0.39, 0.29) is 18.6 Å². The molecule has 6 heteroatoms. The Bertz CT molecular complexity index is 1030. The Labute approximate surface area is 193 Å². The highest BCUT2D eigenvalue weighted by Crippen LogP contribution is 2.37. The van der Waals surface area contributed by atoms with Gasteiger partial charge in [-0.1, -0.05) is 54.6 Å². The number of nitrogens with zero attached hydrogens (tertiary/aromatic N) is 1. The van der Waals surface area contributed by atoms with Gasteiger partial charge < -0.3 is 9.84 Å². The van der Waals surface area contributed by atoms with Gasteiger partial charge in [-0.2, -0.15) is 5.48 Å². The molecule has 0 bridgehead atoms. The number of allylic oxidation sites excluding steroid dienone is 1. The largest absolute Gasteiger partial charge is 0.482 e. The lowest BCUT2D eigenvalue weighted by Gasteiger charge is -2.25. The summed E-state index contributed by atoms with van der Waals surface area (Å²) in [4.78, 5) is 20.8. The van der Waals surface area contributed by atoms with Crippen molar-refractivity contribution >= 4 is 5.97 Å². The van der Waals surface area contributed by atoms with Crippen molar-refractivity contribution in [2.24, 2.45) is 0 Å². The molecule has 0 spiro atoms. The number of carbonyl (C=O) groups is 1. The quantitative estimate of drug-likeness (QED) is 0.265. The van der Waals surface area contributed by atoms with Gasteiger partial charge in [-0.15, -0.1) is 0 Å². The Kier molecular flexibility index (Phi) is 7.85. The third kappa shape index (κ3) is 6.06. The molecule has 170 valence electrons. The van der Waals surface area contributed by atoms with E-state index in [4.69, 9.17) is 14.7 Å². The van der Waals surface area contributed by atoms with E-state index in [0.717, 1.165) is 36.0 Å². The van der Waals surface area contributed by atoms with Crippen molar-refractivity contribution in [3.8, 4) is 5.75 Å². The molecule has 4 rings (SSSR count). The summed E-state index contributed by atoms with van der Waals surface area (Å²) in [6.07, 6.45) is 10.7. The first-order valence-electron chi connectivity index (χ1n) is 11.2. The number of rotatable bonds is 10. The molecule has 0 radical (unpaired) electrons. The maximum atomic E-state index is 10.9. The van der Waals surface area contributed by atoms with Crippen LogP contribution in [0.25, 0.3) is 0 Å². The molecule has 0 aliphatic heterocycles. The number of benzene rings is 2. The van der Waals surface area contributed by atoms with Gasteiger partial charge in [-0.25, -0.2) is 4.79 Å². The van der Waals surface area contributed by atoms with Crippen molar-refractivity contribution in [2.45, 2.75) is 31.2 Å². The highest BCUT2D eigenvalue weighted by Gasteiger charge is 2.21. The highest BCUT2D eigenvalue weighted by molar-refractivity contribution is 5.68. The van der Waals surface area contributed by atoms with Crippen molar-refractivity contribution < 1.29 is 19.5 Å². The van der Waals surface area contributed by atoms with Crippen molar-refractivity contribution in [1.82, 2.24) is 10.5 Å². The van der Waals surface area contributed by atoms with Gasteiger partial charge in [0.05, 0.1) is 12.6 Å². The number of aliphatic carboxylic acids is 1. The predicted octanol–water partition coefficient (Wildman–Crippen LogP) is 4.83. The molecule has 1 aromatic heterocycles. The summed E-state index contributed by atoms with van der Waals surface area (Å²) in [7, 11) is 0. The summed E-state index contributed by atoms with van der Waals surface area (Å²) in [6.45, 7) is 0.103. The molecule has 1 aliphatic carbocycles. The number of carboxylic acids is 1. The molecule has 0 saturated heterocycles. The molecule has 2 aromatic carbocycles. The lowest BCUT2D eigenvalue weighted by Crippen LogP contribution is -2.23. The van der Waals surface area contributed by atoms with Gasteiger partial charge in [0, 0.05) is 18.3 Å². The molecule has 1 heterocycles. The summed E-state index contributed by atoms with van der Waals surface area (Å²) < 4.78 is 5.50. The van der Waals surface area contributed by atoms with Crippen LogP contribution in [0.3, 0.4) is 0 Å². The number of carboxylic acid groups (broad SMARTS) is 1. The fourth-order valence-corrected chi connectivity index (χ4v) is 4.26. The Balaban J connectivity index is 1.38. The van der Waals surface area contributed by atoms with Crippen LogP contribution < -0.4 is 10.2 Å². The minimum atomic E-state index is -0.968. The second kappa shape index (κ2) is 11.4. The molecule has 0 fully saturated rings. The summed E-state index contributed by atoms with van der Waals surface area (Å²) >= 11 is 0. The van der Waals surface area contributed by atoms with E-state index in [1.165, 1.54) is 5.56 Å². The van der Waals surface area contributed by atoms with Crippen molar-refractivity contribution in [2.75, 3.05) is 13.2 Å². The van der Waals surface area contributed by atoms with E-state index in [0.29, 0.717) is 12.4 Å². The van der Waals surface area contributed by atoms with E-state index in [2.05, 4.69) is 34.7 Å². The molecular formula is C27H28N2O4. The van der Waals surface area contributed by atoms with Crippen molar-refractivity contribution in [3.05, 3.63) is 107 Å². The summed E-state index contributed by atoms with van der Waals surface area (Å²) in [5, 5.41) is 8.92. The zero-order valence-corrected chi connectivity index (χ0v) is 18.4. The fourth-order valence-electron chi connectivity index (χ4n) is 4.26. The summed E-state index contributed by atoms with van der Waals surface area (Å²) in [5.74, 6) is -0.0325. The third-order valence-electron chi connectivity index (χ3n) is 5.78. The Morgan fingerprint density at radius 3 is 2.67 bits per heavy atom. The molecule has 2 atom stereocenters. The number of aromatic nitrogens is 1. The number of nitrogens with one attached hydrogen (secondary N) is 1. The van der Waals surface area contributed by atoms with Gasteiger partial charge in [0.25, 0.3) is 0 Å². The zero-order chi connectivity index (χ0) is 22.9. The second-order valence-electron chi connectivity index (χ2n) is 7.99. The minimum absolute atomic E-state index is 0.0908. The topological polar surface area (TPSA) is 80.7 Å². The van der Waals surface area contributed by atoms with Crippen LogP contribution in [0.4, 0.5) is 0 Å². The lowest BCUT2D eigenvalue weighted by atomic mass is 9.82. The van der Waals surface area contributed by atoms with Gasteiger partial charge in [-0.05, 0) is 59.7 Å². The second-order valence-corrected chi connectivity index (χ2v) is 7.99. The molecule has 2 N–H and O–H groups in total. The van der Waals surface area contributed by atoms with Crippen LogP contribution in [-0.2, 0) is 16.1 Å². The van der Waals surface area contributed by atoms with Crippen LogP contribution in [0, 0.1) is 0 Å². The fraction of sp³-hybridized carbons (Fsp3) is 0.259.